The highest BCUT2D eigenvalue weighted by molar-refractivity contribution is 6.30. The van der Waals surface area contributed by atoms with Crippen molar-refractivity contribution in [3.63, 3.8) is 0 Å². The summed E-state index contributed by atoms with van der Waals surface area (Å²) in [5.41, 5.74) is 2.84. The fourth-order valence-corrected chi connectivity index (χ4v) is 2.98. The zero-order valence-electron chi connectivity index (χ0n) is 16.8. The van der Waals surface area contributed by atoms with E-state index >= 15 is 0 Å². The third-order valence-corrected chi connectivity index (χ3v) is 4.71. The van der Waals surface area contributed by atoms with Gasteiger partial charge in [-0.25, -0.2) is 4.98 Å². The second-order valence-corrected chi connectivity index (χ2v) is 7.24. The molecule has 158 valence electrons. The summed E-state index contributed by atoms with van der Waals surface area (Å²) in [5.74, 6) is 1.39. The summed E-state index contributed by atoms with van der Waals surface area (Å²) < 4.78 is 13.1. The number of halogens is 1. The number of nitrogens with zero attached hydrogens (tertiary/aromatic N) is 4. The molecule has 0 unspecified atom stereocenters. The van der Waals surface area contributed by atoms with Gasteiger partial charge in [-0.2, -0.15) is 0 Å². The van der Waals surface area contributed by atoms with Crippen LogP contribution in [0.4, 0.5) is 5.69 Å². The maximum Gasteiger partial charge on any atom is 0.218 e. The minimum atomic E-state index is 0.557. The third-order valence-electron chi connectivity index (χ3n) is 4.46. The Labute approximate surface area is 185 Å². The van der Waals surface area contributed by atoms with Crippen LogP contribution in [0.1, 0.15) is 23.6 Å². The van der Waals surface area contributed by atoms with E-state index in [-0.39, 0.29) is 0 Å². The van der Waals surface area contributed by atoms with Crippen LogP contribution in [0.5, 0.6) is 5.75 Å². The van der Waals surface area contributed by atoms with E-state index in [0.717, 1.165) is 35.7 Å². The lowest BCUT2D eigenvalue weighted by Crippen LogP contribution is -2.05. The molecule has 0 saturated carbocycles. The summed E-state index contributed by atoms with van der Waals surface area (Å²) in [7, 11) is 0. The summed E-state index contributed by atoms with van der Waals surface area (Å²) in [4.78, 5) is 4.47. The van der Waals surface area contributed by atoms with E-state index in [9.17, 15) is 0 Å². The van der Waals surface area contributed by atoms with Gasteiger partial charge in [-0.3, -0.25) is 4.68 Å². The lowest BCUT2D eigenvalue weighted by atomic mass is 10.2. The Morgan fingerprint density at radius 1 is 1.06 bits per heavy atom. The zero-order valence-corrected chi connectivity index (χ0v) is 17.6. The first-order chi connectivity index (χ1) is 15.2. The van der Waals surface area contributed by atoms with E-state index < -0.39 is 0 Å². The molecule has 0 fully saturated rings. The number of ether oxygens (including phenoxy) is 1. The number of anilines is 1. The molecule has 0 radical (unpaired) electrons. The van der Waals surface area contributed by atoms with Gasteiger partial charge >= 0.3 is 0 Å². The quantitative estimate of drug-likeness (QED) is 0.346. The molecule has 31 heavy (non-hydrogen) atoms. The Bertz CT molecular complexity index is 1090. The monoisotopic (exact) mass is 435 g/mol. The molecule has 1 N–H and O–H groups in total. The number of oxazole rings is 1. The van der Waals surface area contributed by atoms with Crippen LogP contribution in [0.3, 0.4) is 0 Å². The van der Waals surface area contributed by atoms with Crippen LogP contribution in [0.25, 0.3) is 12.2 Å². The minimum Gasteiger partial charge on any atom is -0.494 e. The number of benzene rings is 2. The van der Waals surface area contributed by atoms with Crippen molar-refractivity contribution in [2.45, 2.75) is 19.5 Å². The fourth-order valence-electron chi connectivity index (χ4n) is 2.85. The maximum absolute atomic E-state index is 5.90. The molecule has 8 heteroatoms. The van der Waals surface area contributed by atoms with Crippen molar-refractivity contribution in [2.75, 3.05) is 11.9 Å². The summed E-state index contributed by atoms with van der Waals surface area (Å²) in [6.45, 7) is 1.97. The average molecular weight is 436 g/mol. The minimum absolute atomic E-state index is 0.557. The largest absolute Gasteiger partial charge is 0.494 e. The lowest BCUT2D eigenvalue weighted by molar-refractivity contribution is 0.298. The summed E-state index contributed by atoms with van der Waals surface area (Å²) in [5, 5.41) is 11.8. The van der Waals surface area contributed by atoms with Gasteiger partial charge in [-0.15, -0.1) is 5.10 Å². The van der Waals surface area contributed by atoms with Crippen molar-refractivity contribution in [2.24, 2.45) is 0 Å². The first-order valence-corrected chi connectivity index (χ1v) is 10.3. The Balaban J connectivity index is 1.20. The Kier molecular flexibility index (Phi) is 6.97. The van der Waals surface area contributed by atoms with Crippen LogP contribution >= 0.6 is 11.6 Å². The standard InChI is InChI=1S/C23H22ClN5O2/c24-19-5-2-18(3-6-19)4-11-23-27-21(17-31-23)16-25-20-7-9-22(10-8-20)30-15-1-13-29-14-12-26-28-29/h2-12,14,17,25H,1,13,15-16H2. The second-order valence-electron chi connectivity index (χ2n) is 6.81. The molecule has 0 aliphatic rings. The molecule has 0 atom stereocenters. The molecule has 2 aromatic carbocycles. The highest BCUT2D eigenvalue weighted by atomic mass is 35.5. The summed E-state index contributed by atoms with van der Waals surface area (Å²) >= 11 is 5.90. The molecular weight excluding hydrogens is 414 g/mol. The van der Waals surface area contributed by atoms with E-state index in [1.807, 2.05) is 66.9 Å². The van der Waals surface area contributed by atoms with E-state index in [0.29, 0.717) is 24.1 Å². The molecule has 2 heterocycles. The van der Waals surface area contributed by atoms with Crippen LogP contribution < -0.4 is 10.1 Å². The summed E-state index contributed by atoms with van der Waals surface area (Å²) in [6, 6.07) is 15.4. The maximum atomic E-state index is 5.90. The Morgan fingerprint density at radius 3 is 2.68 bits per heavy atom. The average Bonchev–Trinajstić information content (AvgIpc) is 3.48. The van der Waals surface area contributed by atoms with Crippen molar-refractivity contribution >= 4 is 29.4 Å². The number of rotatable bonds is 10. The van der Waals surface area contributed by atoms with E-state index in [1.54, 1.807) is 17.1 Å². The number of hydrogen-bond donors (Lipinski definition) is 1. The molecule has 4 aromatic rings. The number of aromatic nitrogens is 4. The van der Waals surface area contributed by atoms with Crippen LogP contribution in [0, 0.1) is 0 Å². The number of nitrogens with one attached hydrogen (secondary N) is 1. The van der Waals surface area contributed by atoms with Gasteiger partial charge < -0.3 is 14.5 Å². The molecule has 0 amide bonds. The van der Waals surface area contributed by atoms with Crippen molar-refractivity contribution in [3.8, 4) is 5.75 Å². The fraction of sp³-hybridized carbons (Fsp3) is 0.174. The van der Waals surface area contributed by atoms with E-state index in [1.165, 1.54) is 0 Å². The SMILES string of the molecule is Clc1ccc(C=Cc2nc(CNc3ccc(OCCCn4ccnn4)cc3)co2)cc1. The third kappa shape index (κ3) is 6.45. The highest BCUT2D eigenvalue weighted by Crippen LogP contribution is 2.17. The van der Waals surface area contributed by atoms with Crippen molar-refractivity contribution in [1.29, 1.82) is 0 Å². The van der Waals surface area contributed by atoms with Crippen molar-refractivity contribution < 1.29 is 9.15 Å². The Hall–Kier alpha value is -3.58. The molecule has 7 nitrogen and oxygen atoms in total. The van der Waals surface area contributed by atoms with Gasteiger partial charge in [0.05, 0.1) is 25.0 Å². The number of aryl methyl sites for hydroxylation is 1. The van der Waals surface area contributed by atoms with Crippen LogP contribution in [0.2, 0.25) is 5.02 Å². The molecule has 2 aromatic heterocycles. The van der Waals surface area contributed by atoms with Gasteiger partial charge in [0, 0.05) is 35.9 Å². The van der Waals surface area contributed by atoms with Gasteiger partial charge in [0.2, 0.25) is 5.89 Å². The Morgan fingerprint density at radius 2 is 1.90 bits per heavy atom. The van der Waals surface area contributed by atoms with Crippen LogP contribution in [-0.4, -0.2) is 26.6 Å². The molecule has 4 rings (SSSR count). The van der Waals surface area contributed by atoms with Crippen LogP contribution in [-0.2, 0) is 13.1 Å². The normalized spacial score (nSPS) is 11.1. The topological polar surface area (TPSA) is 78.0 Å². The van der Waals surface area contributed by atoms with E-state index in [2.05, 4.69) is 20.6 Å². The molecule has 0 bridgehead atoms. The van der Waals surface area contributed by atoms with Crippen molar-refractivity contribution in [1.82, 2.24) is 20.0 Å². The first kappa shape index (κ1) is 20.7. The van der Waals surface area contributed by atoms with Gasteiger partial charge in [-0.05, 0) is 48.0 Å². The van der Waals surface area contributed by atoms with Gasteiger partial charge in [0.15, 0.2) is 0 Å². The van der Waals surface area contributed by atoms with Crippen molar-refractivity contribution in [3.05, 3.63) is 89.4 Å². The molecular formula is C23H22ClN5O2. The summed E-state index contributed by atoms with van der Waals surface area (Å²) in [6.07, 6.45) is 9.80. The van der Waals surface area contributed by atoms with Gasteiger partial charge in [0.1, 0.15) is 12.0 Å². The number of hydrogen-bond acceptors (Lipinski definition) is 6. The first-order valence-electron chi connectivity index (χ1n) is 9.93. The highest BCUT2D eigenvalue weighted by Gasteiger charge is 2.02. The zero-order chi connectivity index (χ0) is 21.3. The van der Waals surface area contributed by atoms with E-state index in [4.69, 9.17) is 20.8 Å². The smallest absolute Gasteiger partial charge is 0.218 e. The molecule has 0 spiro atoms. The molecule has 0 aliphatic heterocycles. The second kappa shape index (κ2) is 10.4. The predicted molar refractivity (Wildman–Crippen MR) is 121 cm³/mol. The van der Waals surface area contributed by atoms with Gasteiger partial charge in [-0.1, -0.05) is 28.9 Å². The molecule has 0 saturated heterocycles. The lowest BCUT2D eigenvalue weighted by Gasteiger charge is -2.08. The van der Waals surface area contributed by atoms with Crippen LogP contribution in [0.15, 0.2) is 71.6 Å². The predicted octanol–water partition coefficient (Wildman–Crippen LogP) is 5.17. The van der Waals surface area contributed by atoms with Gasteiger partial charge in [0.25, 0.3) is 0 Å². The molecule has 0 aliphatic carbocycles.